The molecule has 28 heavy (non-hydrogen) atoms. The number of anilines is 3. The van der Waals surface area contributed by atoms with Gasteiger partial charge in [-0.1, -0.05) is 36.8 Å². The van der Waals surface area contributed by atoms with Gasteiger partial charge in [-0.25, -0.2) is 4.98 Å². The zero-order valence-electron chi connectivity index (χ0n) is 15.8. The van der Waals surface area contributed by atoms with Crippen LogP contribution in [0, 0.1) is 11.8 Å². The molecule has 1 aromatic carbocycles. The Morgan fingerprint density at radius 2 is 2.00 bits per heavy atom. The second kappa shape index (κ2) is 9.59. The maximum atomic E-state index is 12.6. The summed E-state index contributed by atoms with van der Waals surface area (Å²) in [5.41, 5.74) is 2.20. The predicted octanol–water partition coefficient (Wildman–Crippen LogP) is 4.13. The molecule has 0 saturated carbocycles. The Balaban J connectivity index is 0.00000225. The molecular formula is C22H25ClN4O. The second-order valence-corrected chi connectivity index (χ2v) is 6.99. The fraction of sp³-hybridized carbons (Fsp3) is 0.364. The second-order valence-electron chi connectivity index (χ2n) is 6.99. The summed E-state index contributed by atoms with van der Waals surface area (Å²) in [5.74, 6) is 7.26. The van der Waals surface area contributed by atoms with Gasteiger partial charge in [-0.05, 0) is 43.7 Å². The van der Waals surface area contributed by atoms with Gasteiger partial charge in [0.25, 0.3) is 5.91 Å². The zero-order valence-corrected chi connectivity index (χ0v) is 16.6. The number of carbonyl (C=O) groups is 1. The Morgan fingerprint density at radius 1 is 1.11 bits per heavy atom. The average Bonchev–Trinajstić information content (AvgIpc) is 3.03. The number of nitrogens with zero attached hydrogens (tertiary/aromatic N) is 2. The molecule has 1 unspecified atom stereocenters. The van der Waals surface area contributed by atoms with Crippen LogP contribution in [0.3, 0.4) is 0 Å². The van der Waals surface area contributed by atoms with Crippen molar-refractivity contribution in [3.05, 3.63) is 48.2 Å². The molecule has 0 spiro atoms. The molecule has 1 amide bonds. The van der Waals surface area contributed by atoms with Crippen LogP contribution in [0.2, 0.25) is 0 Å². The van der Waals surface area contributed by atoms with Crippen LogP contribution in [0.15, 0.2) is 42.6 Å². The van der Waals surface area contributed by atoms with E-state index in [4.69, 9.17) is 0 Å². The molecule has 5 nitrogen and oxygen atoms in total. The molecule has 3 heterocycles. The van der Waals surface area contributed by atoms with E-state index in [1.165, 1.54) is 25.7 Å². The van der Waals surface area contributed by atoms with Crippen molar-refractivity contribution in [1.82, 2.24) is 10.3 Å². The molecule has 146 valence electrons. The van der Waals surface area contributed by atoms with Gasteiger partial charge in [0.2, 0.25) is 0 Å². The number of halogens is 1. The Hall–Kier alpha value is -2.55. The van der Waals surface area contributed by atoms with Crippen molar-refractivity contribution >= 4 is 35.5 Å². The van der Waals surface area contributed by atoms with Crippen LogP contribution in [-0.4, -0.2) is 30.0 Å². The summed E-state index contributed by atoms with van der Waals surface area (Å²) in [6, 6.07) is 11.8. The van der Waals surface area contributed by atoms with Gasteiger partial charge in [0.1, 0.15) is 0 Å². The predicted molar refractivity (Wildman–Crippen MR) is 116 cm³/mol. The molecule has 0 bridgehead atoms. The highest BCUT2D eigenvalue weighted by Gasteiger charge is 2.25. The van der Waals surface area contributed by atoms with E-state index < -0.39 is 0 Å². The van der Waals surface area contributed by atoms with Crippen LogP contribution < -0.4 is 15.5 Å². The van der Waals surface area contributed by atoms with Gasteiger partial charge in [-0.2, -0.15) is 0 Å². The number of nitrogens with one attached hydrogen (secondary N) is 2. The van der Waals surface area contributed by atoms with Crippen molar-refractivity contribution in [3.8, 4) is 11.8 Å². The van der Waals surface area contributed by atoms with E-state index in [2.05, 4.69) is 27.5 Å². The molecule has 2 aliphatic heterocycles. The van der Waals surface area contributed by atoms with Crippen molar-refractivity contribution in [2.24, 2.45) is 0 Å². The van der Waals surface area contributed by atoms with E-state index in [1.54, 1.807) is 6.20 Å². The number of hydrogen-bond acceptors (Lipinski definition) is 4. The molecule has 1 atom stereocenters. The molecular weight excluding hydrogens is 372 g/mol. The van der Waals surface area contributed by atoms with E-state index in [-0.39, 0.29) is 18.3 Å². The van der Waals surface area contributed by atoms with Gasteiger partial charge in [0.05, 0.1) is 23.5 Å². The number of fused-ring (bicyclic) bond motifs is 2. The summed E-state index contributed by atoms with van der Waals surface area (Å²) in [6.07, 6.45) is 7.66. The zero-order chi connectivity index (χ0) is 18.5. The lowest BCUT2D eigenvalue weighted by Gasteiger charge is -2.22. The van der Waals surface area contributed by atoms with E-state index in [9.17, 15) is 4.79 Å². The fourth-order valence-electron chi connectivity index (χ4n) is 3.68. The van der Waals surface area contributed by atoms with E-state index in [0.717, 1.165) is 24.5 Å². The number of benzene rings is 1. The van der Waals surface area contributed by atoms with Gasteiger partial charge >= 0.3 is 0 Å². The Kier molecular flexibility index (Phi) is 6.91. The highest BCUT2D eigenvalue weighted by molar-refractivity contribution is 6.12. The van der Waals surface area contributed by atoms with Crippen molar-refractivity contribution < 1.29 is 4.79 Å². The van der Waals surface area contributed by atoms with Crippen LogP contribution >= 0.6 is 12.4 Å². The first-order chi connectivity index (χ1) is 13.3. The summed E-state index contributed by atoms with van der Waals surface area (Å²) < 4.78 is 0. The monoisotopic (exact) mass is 396 g/mol. The quantitative estimate of drug-likeness (QED) is 0.749. The number of rotatable bonds is 2. The van der Waals surface area contributed by atoms with Gasteiger partial charge in [-0.3, -0.25) is 4.79 Å². The molecule has 2 N–H and O–H groups in total. The van der Waals surface area contributed by atoms with Crippen molar-refractivity contribution in [2.45, 2.75) is 38.1 Å². The Morgan fingerprint density at radius 3 is 2.93 bits per heavy atom. The van der Waals surface area contributed by atoms with Gasteiger partial charge < -0.3 is 15.5 Å². The molecule has 1 saturated heterocycles. The summed E-state index contributed by atoms with van der Waals surface area (Å²) in [7, 11) is 0. The number of pyridine rings is 1. The molecule has 0 aliphatic carbocycles. The number of para-hydroxylation sites is 1. The van der Waals surface area contributed by atoms with Crippen LogP contribution in [0.5, 0.6) is 0 Å². The van der Waals surface area contributed by atoms with Crippen molar-refractivity contribution in [1.29, 1.82) is 0 Å². The first-order valence-electron chi connectivity index (χ1n) is 9.65. The van der Waals surface area contributed by atoms with E-state index >= 15 is 0 Å². The topological polar surface area (TPSA) is 57.3 Å². The van der Waals surface area contributed by atoms with Crippen molar-refractivity contribution in [3.63, 3.8) is 0 Å². The molecule has 1 aromatic heterocycles. The lowest BCUT2D eigenvalue weighted by molar-refractivity contribution is 0.102. The van der Waals surface area contributed by atoms with Crippen LogP contribution in [-0.2, 0) is 0 Å². The average molecular weight is 397 g/mol. The number of carbonyl (C=O) groups excluding carboxylic acids is 1. The van der Waals surface area contributed by atoms with Gasteiger partial charge in [-0.15, -0.1) is 12.4 Å². The van der Waals surface area contributed by atoms with Crippen LogP contribution in [0.25, 0.3) is 0 Å². The van der Waals surface area contributed by atoms with Crippen LogP contribution in [0.4, 0.5) is 17.2 Å². The lowest BCUT2D eigenvalue weighted by atomic mass is 10.1. The normalized spacial score (nSPS) is 18.2. The lowest BCUT2D eigenvalue weighted by Crippen LogP contribution is -2.27. The summed E-state index contributed by atoms with van der Waals surface area (Å²) >= 11 is 0. The smallest absolute Gasteiger partial charge is 0.257 e. The van der Waals surface area contributed by atoms with Gasteiger partial charge in [0.15, 0.2) is 5.82 Å². The highest BCUT2D eigenvalue weighted by atomic mass is 35.5. The first-order valence-corrected chi connectivity index (χ1v) is 9.65. The SMILES string of the molecule is Cl.O=C1Nc2cccnc2N(CC#CCC2CCCCCN2)c2ccccc21. The number of amides is 1. The molecule has 1 fully saturated rings. The molecule has 2 aromatic rings. The van der Waals surface area contributed by atoms with Crippen LogP contribution in [0.1, 0.15) is 42.5 Å². The molecule has 6 heteroatoms. The Bertz CT molecular complexity index is 881. The first kappa shape index (κ1) is 20.2. The maximum Gasteiger partial charge on any atom is 0.257 e. The summed E-state index contributed by atoms with van der Waals surface area (Å²) in [6.45, 7) is 1.60. The standard InChI is InChI=1S/C22H24N4O.ClH/c27-22-18-11-3-4-13-20(18)26(21-19(25-22)12-8-15-24-21)16-7-5-10-17-9-2-1-6-14-23-17;/h3-4,8,11-13,15,17,23H,1-2,6,9-10,14,16H2,(H,25,27);1H. The minimum Gasteiger partial charge on any atom is -0.319 e. The summed E-state index contributed by atoms with van der Waals surface area (Å²) in [5, 5.41) is 6.54. The largest absolute Gasteiger partial charge is 0.319 e. The third-order valence-corrected chi connectivity index (χ3v) is 5.10. The Labute approximate surface area is 172 Å². The molecule has 0 radical (unpaired) electrons. The fourth-order valence-corrected chi connectivity index (χ4v) is 3.68. The summed E-state index contributed by atoms with van der Waals surface area (Å²) in [4.78, 5) is 19.1. The van der Waals surface area contributed by atoms with E-state index in [0.29, 0.717) is 23.8 Å². The molecule has 4 rings (SSSR count). The van der Waals surface area contributed by atoms with Crippen molar-refractivity contribution in [2.75, 3.05) is 23.3 Å². The minimum absolute atomic E-state index is 0. The third kappa shape index (κ3) is 4.46. The van der Waals surface area contributed by atoms with Gasteiger partial charge in [0, 0.05) is 18.7 Å². The third-order valence-electron chi connectivity index (χ3n) is 5.10. The number of aromatic nitrogens is 1. The van der Waals surface area contributed by atoms with E-state index in [1.807, 2.05) is 41.3 Å². The minimum atomic E-state index is -0.113. The highest BCUT2D eigenvalue weighted by Crippen LogP contribution is 2.35. The maximum absolute atomic E-state index is 12.6. The number of hydrogen-bond donors (Lipinski definition) is 2. The molecule has 2 aliphatic rings.